The molecule has 1 saturated heterocycles. The van der Waals surface area contributed by atoms with Gasteiger partial charge >= 0.3 is 0 Å². The molecule has 3 heterocycles. The highest BCUT2D eigenvalue weighted by Gasteiger charge is 2.30. The van der Waals surface area contributed by atoms with Gasteiger partial charge in [0.05, 0.1) is 12.0 Å². The fraction of sp³-hybridized carbons (Fsp3) is 0.538. The summed E-state index contributed by atoms with van der Waals surface area (Å²) < 4.78 is 32.1. The predicted octanol–water partition coefficient (Wildman–Crippen LogP) is 0.117. The van der Waals surface area contributed by atoms with Gasteiger partial charge in [-0.25, -0.2) is 13.4 Å². The van der Waals surface area contributed by atoms with E-state index in [-0.39, 0.29) is 17.5 Å². The first-order chi connectivity index (χ1) is 11.4. The number of nitrogens with zero attached hydrogens (tertiary/aromatic N) is 6. The Labute approximate surface area is 144 Å². The zero-order valence-electron chi connectivity index (χ0n) is 13.4. The fourth-order valence-electron chi connectivity index (χ4n) is 2.56. The summed E-state index contributed by atoms with van der Waals surface area (Å²) in [7, 11) is -1.91. The number of sulfonamides is 1. The van der Waals surface area contributed by atoms with Gasteiger partial charge in [-0.1, -0.05) is 4.49 Å². The number of aromatic nitrogens is 4. The number of hydrogen-bond acceptors (Lipinski definition) is 7. The molecule has 0 N–H and O–H groups in total. The Morgan fingerprint density at radius 3 is 2.67 bits per heavy atom. The molecule has 24 heavy (non-hydrogen) atoms. The number of imidazole rings is 1. The van der Waals surface area contributed by atoms with Gasteiger partial charge in [0, 0.05) is 39.4 Å². The molecule has 0 radical (unpaired) electrons. The van der Waals surface area contributed by atoms with E-state index in [1.54, 1.807) is 23.4 Å². The van der Waals surface area contributed by atoms with Crippen LogP contribution in [0.2, 0.25) is 0 Å². The molecule has 0 aliphatic carbocycles. The lowest BCUT2D eigenvalue weighted by atomic mass is 10.3. The highest BCUT2D eigenvalue weighted by atomic mass is 32.2. The van der Waals surface area contributed by atoms with Crippen LogP contribution in [0.25, 0.3) is 0 Å². The average Bonchev–Trinajstić information content (AvgIpc) is 3.07. The highest BCUT2D eigenvalue weighted by Crippen LogP contribution is 2.18. The molecule has 0 saturated carbocycles. The number of carbonyl (C=O) groups excluding carboxylic acids is 1. The van der Waals surface area contributed by atoms with Crippen molar-refractivity contribution in [1.29, 1.82) is 0 Å². The van der Waals surface area contributed by atoms with E-state index >= 15 is 0 Å². The van der Waals surface area contributed by atoms with Crippen molar-refractivity contribution in [2.75, 3.05) is 26.2 Å². The third-order valence-electron chi connectivity index (χ3n) is 3.87. The van der Waals surface area contributed by atoms with Gasteiger partial charge in [0.1, 0.15) is 4.88 Å². The number of aryl methyl sites for hydroxylation is 2. The lowest BCUT2D eigenvalue weighted by Crippen LogP contribution is -2.37. The van der Waals surface area contributed by atoms with Gasteiger partial charge < -0.3 is 9.47 Å². The lowest BCUT2D eigenvalue weighted by Gasteiger charge is -2.20. The van der Waals surface area contributed by atoms with Gasteiger partial charge in [-0.3, -0.25) is 4.79 Å². The van der Waals surface area contributed by atoms with Crippen LogP contribution in [0, 0.1) is 6.92 Å². The van der Waals surface area contributed by atoms with E-state index in [4.69, 9.17) is 0 Å². The van der Waals surface area contributed by atoms with E-state index in [1.807, 2.05) is 0 Å². The van der Waals surface area contributed by atoms with Crippen molar-refractivity contribution in [3.05, 3.63) is 23.1 Å². The maximum Gasteiger partial charge on any atom is 0.267 e. The molecule has 1 aliphatic rings. The van der Waals surface area contributed by atoms with Crippen LogP contribution in [0.1, 0.15) is 21.8 Å². The minimum Gasteiger partial charge on any atom is -0.339 e. The van der Waals surface area contributed by atoms with E-state index in [2.05, 4.69) is 14.6 Å². The van der Waals surface area contributed by atoms with Crippen LogP contribution in [0.5, 0.6) is 0 Å². The first-order valence-electron chi connectivity index (χ1n) is 7.46. The number of amides is 1. The normalized spacial score (nSPS) is 17.0. The van der Waals surface area contributed by atoms with Gasteiger partial charge in [-0.15, -0.1) is 5.10 Å². The highest BCUT2D eigenvalue weighted by molar-refractivity contribution is 7.89. The summed E-state index contributed by atoms with van der Waals surface area (Å²) in [6.45, 7) is 3.19. The van der Waals surface area contributed by atoms with Gasteiger partial charge in [0.2, 0.25) is 0 Å². The monoisotopic (exact) mass is 370 g/mol. The summed E-state index contributed by atoms with van der Waals surface area (Å²) in [5, 5.41) is 3.89. The van der Waals surface area contributed by atoms with Crippen LogP contribution in [-0.4, -0.2) is 68.8 Å². The molecule has 0 atom stereocenters. The quantitative estimate of drug-likeness (QED) is 0.760. The fourth-order valence-corrected chi connectivity index (χ4v) is 4.62. The van der Waals surface area contributed by atoms with Crippen LogP contribution in [0.4, 0.5) is 0 Å². The van der Waals surface area contributed by atoms with Crippen LogP contribution >= 0.6 is 11.5 Å². The molecule has 3 rings (SSSR count). The SMILES string of the molecule is Cc1nnsc1C(=O)N1CCCN(S(=O)(=O)c2cn(C)cn2)CC1. The zero-order valence-corrected chi connectivity index (χ0v) is 15.0. The molecule has 0 spiro atoms. The Kier molecular flexibility index (Phi) is 4.65. The zero-order chi connectivity index (χ0) is 17.3. The Bertz CT molecular complexity index is 844. The van der Waals surface area contributed by atoms with E-state index < -0.39 is 10.0 Å². The second kappa shape index (κ2) is 6.57. The smallest absolute Gasteiger partial charge is 0.267 e. The minimum absolute atomic E-state index is 0.0345. The third kappa shape index (κ3) is 3.19. The summed E-state index contributed by atoms with van der Waals surface area (Å²) in [4.78, 5) is 18.6. The maximum atomic E-state index is 12.6. The van der Waals surface area contributed by atoms with E-state index in [0.717, 1.165) is 11.5 Å². The number of rotatable bonds is 3. The van der Waals surface area contributed by atoms with E-state index in [0.29, 0.717) is 36.6 Å². The van der Waals surface area contributed by atoms with E-state index in [9.17, 15) is 13.2 Å². The number of carbonyl (C=O) groups is 1. The third-order valence-corrected chi connectivity index (χ3v) is 6.47. The molecular weight excluding hydrogens is 352 g/mol. The van der Waals surface area contributed by atoms with Crippen molar-refractivity contribution in [3.8, 4) is 0 Å². The van der Waals surface area contributed by atoms with Gasteiger partial charge in [-0.2, -0.15) is 4.31 Å². The molecule has 2 aromatic heterocycles. The molecule has 9 nitrogen and oxygen atoms in total. The Morgan fingerprint density at radius 1 is 1.25 bits per heavy atom. The van der Waals surface area contributed by atoms with Crippen molar-refractivity contribution < 1.29 is 13.2 Å². The second-order valence-electron chi connectivity index (χ2n) is 5.61. The summed E-state index contributed by atoms with van der Waals surface area (Å²) in [5.74, 6) is -0.139. The molecular formula is C13H18N6O3S2. The Hall–Kier alpha value is -1.85. The summed E-state index contributed by atoms with van der Waals surface area (Å²) in [5.41, 5.74) is 0.604. The Morgan fingerprint density at radius 2 is 2.04 bits per heavy atom. The topological polar surface area (TPSA) is 101 Å². The summed E-state index contributed by atoms with van der Waals surface area (Å²) in [6, 6.07) is 0. The molecule has 130 valence electrons. The van der Waals surface area contributed by atoms with Crippen LogP contribution in [0.15, 0.2) is 17.6 Å². The Balaban J connectivity index is 1.73. The van der Waals surface area contributed by atoms with Crippen LogP contribution < -0.4 is 0 Å². The predicted molar refractivity (Wildman–Crippen MR) is 87.1 cm³/mol. The molecule has 11 heteroatoms. The average molecular weight is 370 g/mol. The van der Waals surface area contributed by atoms with Crippen molar-refractivity contribution in [3.63, 3.8) is 0 Å². The minimum atomic E-state index is -3.63. The number of hydrogen-bond donors (Lipinski definition) is 0. The molecule has 1 fully saturated rings. The standard InChI is InChI=1S/C13H18N6O3S2/c1-10-12(23-16-15-10)13(20)18-4-3-5-19(7-6-18)24(21,22)11-8-17(2)9-14-11/h8-9H,3-7H2,1-2H3. The van der Waals surface area contributed by atoms with Crippen LogP contribution in [-0.2, 0) is 17.1 Å². The van der Waals surface area contributed by atoms with Gasteiger partial charge in [0.15, 0.2) is 5.03 Å². The van der Waals surface area contributed by atoms with Crippen molar-refractivity contribution in [1.82, 2.24) is 28.3 Å². The van der Waals surface area contributed by atoms with Crippen LogP contribution in [0.3, 0.4) is 0 Å². The first kappa shape index (κ1) is 17.0. The molecule has 0 aromatic carbocycles. The second-order valence-corrected chi connectivity index (χ2v) is 8.25. The van der Waals surface area contributed by atoms with Crippen molar-refractivity contribution in [2.45, 2.75) is 18.4 Å². The van der Waals surface area contributed by atoms with Gasteiger partial charge in [-0.05, 0) is 24.9 Å². The molecule has 0 bridgehead atoms. The first-order valence-corrected chi connectivity index (χ1v) is 9.67. The molecule has 0 unspecified atom stereocenters. The maximum absolute atomic E-state index is 12.6. The van der Waals surface area contributed by atoms with Crippen molar-refractivity contribution >= 4 is 27.5 Å². The summed E-state index contributed by atoms with van der Waals surface area (Å²) >= 11 is 1.07. The molecule has 2 aromatic rings. The lowest BCUT2D eigenvalue weighted by molar-refractivity contribution is 0.0768. The molecule has 1 aliphatic heterocycles. The van der Waals surface area contributed by atoms with E-state index in [1.165, 1.54) is 16.8 Å². The summed E-state index contributed by atoms with van der Waals surface area (Å²) in [6.07, 6.45) is 3.51. The van der Waals surface area contributed by atoms with Crippen molar-refractivity contribution in [2.24, 2.45) is 7.05 Å². The largest absolute Gasteiger partial charge is 0.339 e. The van der Waals surface area contributed by atoms with Gasteiger partial charge in [0.25, 0.3) is 15.9 Å². The molecule has 1 amide bonds.